The van der Waals surface area contributed by atoms with Crippen LogP contribution in [-0.2, 0) is 6.42 Å². The van der Waals surface area contributed by atoms with Gasteiger partial charge in [0.1, 0.15) is 0 Å². The minimum atomic E-state index is 0.464. The smallest absolute Gasteiger partial charge is 0.0474 e. The number of rotatable bonds is 0. The predicted molar refractivity (Wildman–Crippen MR) is 59.5 cm³/mol. The summed E-state index contributed by atoms with van der Waals surface area (Å²) in [4.78, 5) is 4.46. The zero-order valence-corrected chi connectivity index (χ0v) is 9.21. The van der Waals surface area contributed by atoms with Gasteiger partial charge in [-0.15, -0.1) is 0 Å². The average molecular weight is 238 g/mol. The average Bonchev–Trinajstić information content (AvgIpc) is 2.29. The number of aryl methyl sites for hydroxylation is 1. The number of halogens is 1. The van der Waals surface area contributed by atoms with Crippen molar-refractivity contribution >= 4 is 22.1 Å². The maximum Gasteiger partial charge on any atom is 0.0474 e. The van der Waals surface area contributed by atoms with Crippen molar-refractivity contribution in [1.29, 1.82) is 0 Å². The van der Waals surface area contributed by atoms with Crippen molar-refractivity contribution < 1.29 is 0 Å². The van der Waals surface area contributed by atoms with E-state index in [0.29, 0.717) is 6.04 Å². The summed E-state index contributed by atoms with van der Waals surface area (Å²) in [5, 5.41) is 0. The lowest BCUT2D eigenvalue weighted by Crippen LogP contribution is -1.96. The Kier molecular flexibility index (Phi) is 2.49. The molecule has 0 amide bonds. The molecule has 1 nitrogen and oxygen atoms in total. The van der Waals surface area contributed by atoms with Crippen LogP contribution < -0.4 is 0 Å². The number of fused-ring (bicyclic) bond motifs is 1. The molecule has 1 aromatic carbocycles. The summed E-state index contributed by atoms with van der Waals surface area (Å²) in [6.45, 7) is 2.16. The van der Waals surface area contributed by atoms with Gasteiger partial charge in [0.2, 0.25) is 0 Å². The second-order valence-corrected chi connectivity index (χ2v) is 4.42. The summed E-state index contributed by atoms with van der Waals surface area (Å²) in [6.07, 6.45) is 4.30. The van der Waals surface area contributed by atoms with E-state index in [1.54, 1.807) is 0 Å². The van der Waals surface area contributed by atoms with Crippen LogP contribution >= 0.6 is 15.9 Å². The van der Waals surface area contributed by atoms with Crippen molar-refractivity contribution in [3.63, 3.8) is 0 Å². The molecule has 0 radical (unpaired) electrons. The molecule has 0 aromatic heterocycles. The Hall–Kier alpha value is -0.630. The van der Waals surface area contributed by atoms with E-state index in [2.05, 4.69) is 46.0 Å². The molecule has 0 saturated carbocycles. The molecule has 13 heavy (non-hydrogen) atoms. The molecule has 1 aromatic rings. The molecule has 1 atom stereocenters. The van der Waals surface area contributed by atoms with E-state index in [-0.39, 0.29) is 0 Å². The van der Waals surface area contributed by atoms with Crippen LogP contribution in [0, 0.1) is 0 Å². The maximum atomic E-state index is 4.46. The molecular weight excluding hydrogens is 226 g/mol. The number of nitrogens with zero attached hydrogens (tertiary/aromatic N) is 1. The predicted octanol–water partition coefficient (Wildman–Crippen LogP) is 3.20. The Labute approximate surface area is 87.0 Å². The van der Waals surface area contributed by atoms with E-state index < -0.39 is 0 Å². The quantitative estimate of drug-likeness (QED) is 0.658. The van der Waals surface area contributed by atoms with E-state index in [1.807, 2.05) is 6.21 Å². The van der Waals surface area contributed by atoms with Crippen molar-refractivity contribution in [2.24, 2.45) is 4.99 Å². The van der Waals surface area contributed by atoms with Crippen LogP contribution in [0.2, 0.25) is 0 Å². The lowest BCUT2D eigenvalue weighted by atomic mass is 10.0. The van der Waals surface area contributed by atoms with Crippen LogP contribution in [0.15, 0.2) is 27.7 Å². The zero-order chi connectivity index (χ0) is 9.26. The van der Waals surface area contributed by atoms with E-state index in [0.717, 1.165) is 17.3 Å². The molecule has 0 spiro atoms. The summed E-state index contributed by atoms with van der Waals surface area (Å²) in [6, 6.07) is 6.88. The molecular formula is C11H12BrN. The first-order chi connectivity index (χ1) is 6.25. The van der Waals surface area contributed by atoms with E-state index in [4.69, 9.17) is 0 Å². The fourth-order valence-electron chi connectivity index (χ4n) is 1.56. The van der Waals surface area contributed by atoms with E-state index in [9.17, 15) is 0 Å². The lowest BCUT2D eigenvalue weighted by Gasteiger charge is -2.03. The van der Waals surface area contributed by atoms with Gasteiger partial charge in [0.15, 0.2) is 0 Å². The molecule has 0 bridgehead atoms. The fraction of sp³-hybridized carbons (Fsp3) is 0.364. The minimum absolute atomic E-state index is 0.464. The second kappa shape index (κ2) is 3.62. The van der Waals surface area contributed by atoms with Gasteiger partial charge in [-0.25, -0.2) is 0 Å². The zero-order valence-electron chi connectivity index (χ0n) is 7.63. The van der Waals surface area contributed by atoms with E-state index in [1.165, 1.54) is 11.1 Å². The highest BCUT2D eigenvalue weighted by Crippen LogP contribution is 2.20. The summed E-state index contributed by atoms with van der Waals surface area (Å²) in [5.41, 5.74) is 2.68. The largest absolute Gasteiger partial charge is 0.290 e. The monoisotopic (exact) mass is 237 g/mol. The summed E-state index contributed by atoms with van der Waals surface area (Å²) in [7, 11) is 0. The van der Waals surface area contributed by atoms with Crippen molar-refractivity contribution in [2.75, 3.05) is 0 Å². The highest BCUT2D eigenvalue weighted by Gasteiger charge is 2.08. The van der Waals surface area contributed by atoms with Gasteiger partial charge in [-0.1, -0.05) is 22.0 Å². The molecule has 68 valence electrons. The molecule has 1 aliphatic rings. The lowest BCUT2D eigenvalue weighted by molar-refractivity contribution is 0.677. The Balaban J connectivity index is 2.42. The maximum absolute atomic E-state index is 4.46. The van der Waals surface area contributed by atoms with Gasteiger partial charge in [-0.2, -0.15) is 0 Å². The molecule has 2 rings (SSSR count). The first-order valence-corrected chi connectivity index (χ1v) is 5.36. The number of benzene rings is 1. The van der Waals surface area contributed by atoms with Gasteiger partial charge in [0.05, 0.1) is 0 Å². The first kappa shape index (κ1) is 8.95. The van der Waals surface area contributed by atoms with Crippen molar-refractivity contribution in [2.45, 2.75) is 25.8 Å². The Morgan fingerprint density at radius 2 is 2.31 bits per heavy atom. The third-order valence-corrected chi connectivity index (χ3v) is 2.90. The normalized spacial score (nSPS) is 20.9. The third kappa shape index (κ3) is 1.99. The van der Waals surface area contributed by atoms with Gasteiger partial charge in [0, 0.05) is 16.7 Å². The van der Waals surface area contributed by atoms with Crippen LogP contribution in [0.3, 0.4) is 0 Å². The van der Waals surface area contributed by atoms with Gasteiger partial charge in [-0.3, -0.25) is 4.99 Å². The topological polar surface area (TPSA) is 12.4 Å². The Morgan fingerprint density at radius 3 is 3.15 bits per heavy atom. The molecule has 1 aliphatic heterocycles. The van der Waals surface area contributed by atoms with Crippen LogP contribution in [0.1, 0.15) is 24.5 Å². The molecule has 0 N–H and O–H groups in total. The molecule has 1 heterocycles. The van der Waals surface area contributed by atoms with Crippen molar-refractivity contribution in [3.05, 3.63) is 33.8 Å². The number of hydrogen-bond acceptors (Lipinski definition) is 1. The molecule has 0 fully saturated rings. The fourth-order valence-corrected chi connectivity index (χ4v) is 1.94. The van der Waals surface area contributed by atoms with Crippen LogP contribution in [0.4, 0.5) is 0 Å². The van der Waals surface area contributed by atoms with Gasteiger partial charge < -0.3 is 0 Å². The van der Waals surface area contributed by atoms with Crippen LogP contribution in [0.5, 0.6) is 0 Å². The Morgan fingerprint density at radius 1 is 1.46 bits per heavy atom. The number of hydrogen-bond donors (Lipinski definition) is 0. The minimum Gasteiger partial charge on any atom is -0.290 e. The van der Waals surface area contributed by atoms with Crippen molar-refractivity contribution in [1.82, 2.24) is 0 Å². The van der Waals surface area contributed by atoms with E-state index >= 15 is 0 Å². The van der Waals surface area contributed by atoms with Crippen molar-refractivity contribution in [3.8, 4) is 0 Å². The van der Waals surface area contributed by atoms with Crippen LogP contribution in [-0.4, -0.2) is 12.3 Å². The Bertz CT molecular complexity index is 344. The summed E-state index contributed by atoms with van der Waals surface area (Å²) in [5.74, 6) is 0. The highest BCUT2D eigenvalue weighted by atomic mass is 79.9. The van der Waals surface area contributed by atoms with Gasteiger partial charge >= 0.3 is 0 Å². The third-order valence-electron chi connectivity index (χ3n) is 2.41. The second-order valence-electron chi connectivity index (χ2n) is 3.51. The van der Waals surface area contributed by atoms with Gasteiger partial charge in [0.25, 0.3) is 0 Å². The molecule has 0 saturated heterocycles. The SMILES string of the molecule is CC1CCc2ccc(Br)cc2C=N1. The van der Waals surface area contributed by atoms with Gasteiger partial charge in [-0.05, 0) is 43.0 Å². The number of aliphatic imine (C=N–C) groups is 1. The highest BCUT2D eigenvalue weighted by molar-refractivity contribution is 9.10. The molecule has 0 aliphatic carbocycles. The first-order valence-electron chi connectivity index (χ1n) is 4.57. The van der Waals surface area contributed by atoms with Crippen LogP contribution in [0.25, 0.3) is 0 Å². The summed E-state index contributed by atoms with van der Waals surface area (Å²) >= 11 is 3.47. The standard InChI is InChI=1S/C11H12BrN/c1-8-2-3-9-4-5-11(12)6-10(9)7-13-8/h4-8H,2-3H2,1H3. The molecule has 2 heteroatoms. The molecule has 1 unspecified atom stereocenters. The summed E-state index contributed by atoms with van der Waals surface area (Å²) < 4.78 is 1.13.